The molecule has 0 saturated carbocycles. The first kappa shape index (κ1) is 36.2. The molecule has 0 aliphatic rings. The molecule has 0 amide bonds. The Labute approximate surface area is 268 Å². The molecule has 0 saturated heterocycles. The van der Waals surface area contributed by atoms with Crippen molar-refractivity contribution in [1.29, 1.82) is 0 Å². The number of halogens is 1. The molecule has 0 heterocycles. The quantitative estimate of drug-likeness (QED) is 0.121. The van der Waals surface area contributed by atoms with Gasteiger partial charge in [-0.15, -0.1) is 0 Å². The zero-order valence-corrected chi connectivity index (χ0v) is 28.3. The van der Waals surface area contributed by atoms with Gasteiger partial charge in [0.25, 0.3) is 0 Å². The smallest absolute Gasteiger partial charge is 0.137 e. The Morgan fingerprint density at radius 1 is 0.907 bits per heavy atom. The molecular weight excluding hydrogens is 546 g/mol. The fraction of sp³-hybridized carbons (Fsp3) is 0.450. The minimum Gasteiger partial charge on any atom is -0.495 e. The van der Waals surface area contributed by atoms with Crippen LogP contribution in [0.2, 0.25) is 5.02 Å². The summed E-state index contributed by atoms with van der Waals surface area (Å²) in [4.78, 5) is 0. The van der Waals surface area contributed by atoms with Crippen LogP contribution in [0.25, 0.3) is 0 Å². The molecule has 0 spiro atoms. The van der Waals surface area contributed by atoms with Crippen molar-refractivity contribution >= 4 is 11.6 Å². The fourth-order valence-corrected chi connectivity index (χ4v) is 6.16. The van der Waals surface area contributed by atoms with Crippen molar-refractivity contribution in [2.45, 2.75) is 79.1 Å². The highest BCUT2D eigenvalue weighted by atomic mass is 35.5. The first-order chi connectivity index (χ1) is 20.4. The van der Waals surface area contributed by atoms with E-state index in [2.05, 4.69) is 89.9 Å². The maximum atomic E-state index is 6.34. The molecule has 0 radical (unpaired) electrons. The standard InChI is InChI=1S/C40H56ClNO/c1-28(2)23-38(25-30(4)29(3)15-13-19-36-21-22-40(43-9)39(41)27-36)32(6)26-37(20-14-16-33(7)42)34(8)31(5)24-35-17-11-10-12-18-35/h10-12,14,16-18,21-22,27-29,34,37-38H,4-7,13,15,19-20,23-26,42H2,1-3,8-9H3/b16-14+/t29?,34?,37-,38?/m1/s1. The number of allylic oxidation sites excluding steroid dienone is 5. The number of benzene rings is 2. The zero-order chi connectivity index (χ0) is 31.9. The maximum Gasteiger partial charge on any atom is 0.137 e. The number of methoxy groups -OCH3 is 1. The van der Waals surface area contributed by atoms with Crippen LogP contribution in [0.5, 0.6) is 5.75 Å². The molecule has 3 heteroatoms. The van der Waals surface area contributed by atoms with Crippen LogP contribution in [0.15, 0.2) is 109 Å². The average Bonchev–Trinajstić information content (AvgIpc) is 2.95. The van der Waals surface area contributed by atoms with Crippen molar-refractivity contribution in [1.82, 2.24) is 0 Å². The molecule has 2 nitrogen and oxygen atoms in total. The highest BCUT2D eigenvalue weighted by Gasteiger charge is 2.25. The molecule has 0 aliphatic heterocycles. The Bertz CT molecular complexity index is 1220. The Balaban J connectivity index is 2.06. The Morgan fingerprint density at radius 3 is 2.21 bits per heavy atom. The lowest BCUT2D eigenvalue weighted by Gasteiger charge is -2.30. The SMILES string of the molecule is C=C(N)/C=C/C[C@H](CC(=C)C(CC(=C)C(C)CCCc1ccc(OC)c(Cl)c1)CC(C)C)C(C)C(=C)Cc1ccccc1. The largest absolute Gasteiger partial charge is 0.495 e. The van der Waals surface area contributed by atoms with Gasteiger partial charge < -0.3 is 10.5 Å². The topological polar surface area (TPSA) is 35.2 Å². The third-order valence-electron chi connectivity index (χ3n) is 8.78. The molecule has 3 unspecified atom stereocenters. The minimum absolute atomic E-state index is 0.348. The van der Waals surface area contributed by atoms with Gasteiger partial charge in [-0.05, 0) is 110 Å². The highest BCUT2D eigenvalue weighted by Crippen LogP contribution is 2.37. The van der Waals surface area contributed by atoms with Gasteiger partial charge in [0.1, 0.15) is 5.75 Å². The number of rotatable bonds is 20. The predicted molar refractivity (Wildman–Crippen MR) is 190 cm³/mol. The first-order valence-electron chi connectivity index (χ1n) is 15.9. The lowest BCUT2D eigenvalue weighted by Crippen LogP contribution is -2.19. The van der Waals surface area contributed by atoms with Crippen molar-refractivity contribution in [2.75, 3.05) is 7.11 Å². The Morgan fingerprint density at radius 2 is 1.60 bits per heavy atom. The molecular formula is C40H56ClNO. The van der Waals surface area contributed by atoms with Crippen LogP contribution in [-0.4, -0.2) is 7.11 Å². The fourth-order valence-electron chi connectivity index (χ4n) is 5.88. The van der Waals surface area contributed by atoms with Gasteiger partial charge in [-0.25, -0.2) is 0 Å². The molecule has 4 atom stereocenters. The summed E-state index contributed by atoms with van der Waals surface area (Å²) in [6.45, 7) is 26.9. The van der Waals surface area contributed by atoms with E-state index in [1.165, 1.54) is 27.8 Å². The normalized spacial score (nSPS) is 14.3. The van der Waals surface area contributed by atoms with Crippen LogP contribution >= 0.6 is 11.6 Å². The molecule has 2 aromatic carbocycles. The van der Waals surface area contributed by atoms with E-state index in [1.54, 1.807) is 7.11 Å². The number of ether oxygens (including phenoxy) is 1. The van der Waals surface area contributed by atoms with Crippen LogP contribution in [-0.2, 0) is 12.8 Å². The first-order valence-corrected chi connectivity index (χ1v) is 16.3. The summed E-state index contributed by atoms with van der Waals surface area (Å²) in [5.41, 5.74) is 12.9. The third kappa shape index (κ3) is 13.1. The summed E-state index contributed by atoms with van der Waals surface area (Å²) in [6, 6.07) is 16.7. The molecule has 0 aliphatic carbocycles. The van der Waals surface area contributed by atoms with Crippen molar-refractivity contribution in [2.24, 2.45) is 35.3 Å². The van der Waals surface area contributed by atoms with Crippen molar-refractivity contribution in [3.05, 3.63) is 126 Å². The van der Waals surface area contributed by atoms with Crippen LogP contribution in [0.4, 0.5) is 0 Å². The van der Waals surface area contributed by atoms with Crippen LogP contribution in [0.1, 0.15) is 77.3 Å². The molecule has 2 N–H and O–H groups in total. The van der Waals surface area contributed by atoms with Gasteiger partial charge >= 0.3 is 0 Å². The number of hydrogen-bond donors (Lipinski definition) is 1. The van der Waals surface area contributed by atoms with E-state index in [1.807, 2.05) is 18.2 Å². The molecule has 0 aromatic heterocycles. The summed E-state index contributed by atoms with van der Waals surface area (Å²) in [5.74, 6) is 2.93. The second kappa shape index (κ2) is 18.6. The summed E-state index contributed by atoms with van der Waals surface area (Å²) >= 11 is 6.34. The summed E-state index contributed by atoms with van der Waals surface area (Å²) in [5, 5.41) is 0.673. The van der Waals surface area contributed by atoms with Gasteiger partial charge in [0.15, 0.2) is 0 Å². The van der Waals surface area contributed by atoms with Gasteiger partial charge in [0.05, 0.1) is 12.1 Å². The second-order valence-corrected chi connectivity index (χ2v) is 13.3. The van der Waals surface area contributed by atoms with E-state index in [0.717, 1.165) is 57.1 Å². The second-order valence-electron chi connectivity index (χ2n) is 12.9. The molecule has 0 fully saturated rings. The van der Waals surface area contributed by atoms with Crippen molar-refractivity contribution in [3.63, 3.8) is 0 Å². The third-order valence-corrected chi connectivity index (χ3v) is 9.07. The summed E-state index contributed by atoms with van der Waals surface area (Å²) in [6.07, 6.45) is 12.2. The Hall–Kier alpha value is -2.97. The molecule has 2 aromatic rings. The van der Waals surface area contributed by atoms with Crippen LogP contribution in [0.3, 0.4) is 0 Å². The van der Waals surface area contributed by atoms with Gasteiger partial charge in [0.2, 0.25) is 0 Å². The monoisotopic (exact) mass is 601 g/mol. The summed E-state index contributed by atoms with van der Waals surface area (Å²) < 4.78 is 5.29. The molecule has 43 heavy (non-hydrogen) atoms. The minimum atomic E-state index is 0.348. The zero-order valence-electron chi connectivity index (χ0n) is 27.5. The van der Waals surface area contributed by atoms with E-state index >= 15 is 0 Å². The average molecular weight is 602 g/mol. The number of nitrogens with two attached hydrogens (primary N) is 1. The van der Waals surface area contributed by atoms with Crippen molar-refractivity contribution in [3.8, 4) is 5.75 Å². The lowest BCUT2D eigenvalue weighted by atomic mass is 9.75. The van der Waals surface area contributed by atoms with Gasteiger partial charge in [-0.1, -0.05) is 125 Å². The van der Waals surface area contributed by atoms with E-state index in [0.29, 0.717) is 40.3 Å². The predicted octanol–water partition coefficient (Wildman–Crippen LogP) is 11.3. The molecule has 2 rings (SSSR count). The van der Waals surface area contributed by atoms with E-state index in [9.17, 15) is 0 Å². The summed E-state index contributed by atoms with van der Waals surface area (Å²) in [7, 11) is 1.65. The van der Waals surface area contributed by atoms with Crippen LogP contribution in [0, 0.1) is 29.6 Å². The Kier molecular flexibility index (Phi) is 15.7. The van der Waals surface area contributed by atoms with Gasteiger partial charge in [0, 0.05) is 5.70 Å². The van der Waals surface area contributed by atoms with E-state index < -0.39 is 0 Å². The van der Waals surface area contributed by atoms with Crippen molar-refractivity contribution < 1.29 is 4.74 Å². The van der Waals surface area contributed by atoms with Crippen LogP contribution < -0.4 is 10.5 Å². The number of aryl methyl sites for hydroxylation is 1. The highest BCUT2D eigenvalue weighted by molar-refractivity contribution is 6.32. The van der Waals surface area contributed by atoms with E-state index in [4.69, 9.17) is 28.7 Å². The maximum absolute atomic E-state index is 6.34. The van der Waals surface area contributed by atoms with Gasteiger partial charge in [-0.3, -0.25) is 0 Å². The van der Waals surface area contributed by atoms with E-state index in [-0.39, 0.29) is 0 Å². The number of hydrogen-bond acceptors (Lipinski definition) is 2. The molecule has 234 valence electrons. The van der Waals surface area contributed by atoms with Gasteiger partial charge in [-0.2, -0.15) is 0 Å². The lowest BCUT2D eigenvalue weighted by molar-refractivity contribution is 0.362. The molecule has 0 bridgehead atoms.